The summed E-state index contributed by atoms with van der Waals surface area (Å²) in [7, 11) is 1.55. The predicted octanol–water partition coefficient (Wildman–Crippen LogP) is 1.51. The van der Waals surface area contributed by atoms with E-state index in [1.807, 2.05) is 30.3 Å². The van der Waals surface area contributed by atoms with E-state index in [-0.39, 0.29) is 6.61 Å². The maximum atomic E-state index is 10.1. The lowest BCUT2D eigenvalue weighted by atomic mass is 10.0. The number of methoxy groups -OCH3 is 1. The Morgan fingerprint density at radius 3 is 2.71 bits per heavy atom. The lowest BCUT2D eigenvalue weighted by Gasteiger charge is -2.39. The van der Waals surface area contributed by atoms with E-state index >= 15 is 0 Å². The average molecular weight is 294 g/mol. The molecule has 1 saturated heterocycles. The van der Waals surface area contributed by atoms with Crippen molar-refractivity contribution in [1.82, 2.24) is 0 Å². The molecule has 0 aromatic heterocycles. The van der Waals surface area contributed by atoms with Crippen LogP contribution in [-0.2, 0) is 25.6 Å². The Bertz CT molecular complexity index is 422. The lowest BCUT2D eigenvalue weighted by molar-refractivity contribution is -0.282. The first-order valence-corrected chi connectivity index (χ1v) is 6.96. The summed E-state index contributed by atoms with van der Waals surface area (Å²) in [4.78, 5) is 0. The quantitative estimate of drug-likeness (QED) is 0.773. The molecule has 1 aliphatic heterocycles. The summed E-state index contributed by atoms with van der Waals surface area (Å²) in [6.45, 7) is 4.51. The lowest BCUT2D eigenvalue weighted by Crippen LogP contribution is -2.55. The average Bonchev–Trinajstić information content (AvgIpc) is 2.53. The van der Waals surface area contributed by atoms with E-state index in [4.69, 9.17) is 18.9 Å². The van der Waals surface area contributed by atoms with Gasteiger partial charge in [-0.1, -0.05) is 36.4 Å². The third kappa shape index (κ3) is 4.36. The Morgan fingerprint density at radius 2 is 2.05 bits per heavy atom. The summed E-state index contributed by atoms with van der Waals surface area (Å²) in [6, 6.07) is 9.79. The Labute approximate surface area is 125 Å². The fourth-order valence-corrected chi connectivity index (χ4v) is 2.28. The third-order valence-electron chi connectivity index (χ3n) is 3.33. The molecule has 1 heterocycles. The van der Waals surface area contributed by atoms with Gasteiger partial charge in [0.1, 0.15) is 18.3 Å². The zero-order valence-electron chi connectivity index (χ0n) is 12.2. The second kappa shape index (κ2) is 8.26. The number of aliphatic hydroxyl groups is 1. The molecular weight excluding hydrogens is 272 g/mol. The molecule has 1 fully saturated rings. The Balaban J connectivity index is 2.03. The monoisotopic (exact) mass is 294 g/mol. The highest BCUT2D eigenvalue weighted by atomic mass is 16.7. The van der Waals surface area contributed by atoms with Gasteiger partial charge >= 0.3 is 0 Å². The van der Waals surface area contributed by atoms with Crippen molar-refractivity contribution in [1.29, 1.82) is 0 Å². The van der Waals surface area contributed by atoms with Crippen LogP contribution in [0.15, 0.2) is 43.0 Å². The van der Waals surface area contributed by atoms with Crippen molar-refractivity contribution >= 4 is 0 Å². The van der Waals surface area contributed by atoms with Crippen LogP contribution in [0.3, 0.4) is 0 Å². The van der Waals surface area contributed by atoms with E-state index in [2.05, 4.69) is 6.58 Å². The number of hydrogen-bond donors (Lipinski definition) is 1. The van der Waals surface area contributed by atoms with Crippen LogP contribution < -0.4 is 0 Å². The van der Waals surface area contributed by atoms with E-state index in [9.17, 15) is 5.11 Å². The van der Waals surface area contributed by atoms with Crippen molar-refractivity contribution in [3.63, 3.8) is 0 Å². The van der Waals surface area contributed by atoms with E-state index < -0.39 is 24.6 Å². The fraction of sp³-hybridized carbons (Fsp3) is 0.500. The first-order chi connectivity index (χ1) is 10.3. The molecule has 2 rings (SSSR count). The molecule has 0 aliphatic carbocycles. The molecule has 1 N–H and O–H groups in total. The van der Waals surface area contributed by atoms with Crippen LogP contribution in [0.2, 0.25) is 0 Å². The van der Waals surface area contributed by atoms with Gasteiger partial charge in [-0.25, -0.2) is 0 Å². The third-order valence-corrected chi connectivity index (χ3v) is 3.33. The number of ether oxygens (including phenoxy) is 4. The highest BCUT2D eigenvalue weighted by Crippen LogP contribution is 2.23. The SMILES string of the molecule is C=CCO[C@@H]1[C@@H](OCc2ccccc2)[C@@H](OC)OC[C@@H]1O. The molecule has 116 valence electrons. The van der Waals surface area contributed by atoms with E-state index in [1.54, 1.807) is 13.2 Å². The van der Waals surface area contributed by atoms with E-state index in [0.29, 0.717) is 13.2 Å². The van der Waals surface area contributed by atoms with Gasteiger partial charge in [0.15, 0.2) is 6.29 Å². The summed E-state index contributed by atoms with van der Waals surface area (Å²) in [5.74, 6) is 0. The van der Waals surface area contributed by atoms with Gasteiger partial charge in [-0.15, -0.1) is 6.58 Å². The molecule has 0 unspecified atom stereocenters. The van der Waals surface area contributed by atoms with Crippen LogP contribution in [0.25, 0.3) is 0 Å². The molecule has 5 nitrogen and oxygen atoms in total. The van der Waals surface area contributed by atoms with Crippen molar-refractivity contribution in [2.24, 2.45) is 0 Å². The Hall–Kier alpha value is -1.24. The molecule has 0 saturated carbocycles. The van der Waals surface area contributed by atoms with Gasteiger partial charge in [-0.05, 0) is 5.56 Å². The topological polar surface area (TPSA) is 57.2 Å². The van der Waals surface area contributed by atoms with Gasteiger partial charge in [0.25, 0.3) is 0 Å². The minimum absolute atomic E-state index is 0.158. The molecule has 1 aliphatic rings. The molecule has 0 amide bonds. The summed E-state index contributed by atoms with van der Waals surface area (Å²) in [5.41, 5.74) is 1.04. The van der Waals surface area contributed by atoms with Crippen LogP contribution in [0.4, 0.5) is 0 Å². The smallest absolute Gasteiger partial charge is 0.186 e. The standard InChI is InChI=1S/C16H22O5/c1-3-9-19-14-13(17)11-21-16(18-2)15(14)20-10-12-7-5-4-6-8-12/h3-8,13-17H,1,9-11H2,2H3/t13-,14-,15+,16-/m0/s1. The number of rotatable bonds is 7. The zero-order valence-corrected chi connectivity index (χ0v) is 12.2. The minimum Gasteiger partial charge on any atom is -0.388 e. The second-order valence-corrected chi connectivity index (χ2v) is 4.85. The maximum Gasteiger partial charge on any atom is 0.186 e. The van der Waals surface area contributed by atoms with E-state index in [0.717, 1.165) is 5.56 Å². The number of benzene rings is 1. The molecule has 21 heavy (non-hydrogen) atoms. The van der Waals surface area contributed by atoms with E-state index in [1.165, 1.54) is 0 Å². The molecule has 4 atom stereocenters. The molecule has 0 bridgehead atoms. The van der Waals surface area contributed by atoms with Gasteiger partial charge in [-0.3, -0.25) is 0 Å². The van der Waals surface area contributed by atoms with Gasteiger partial charge in [-0.2, -0.15) is 0 Å². The molecule has 1 aromatic carbocycles. The van der Waals surface area contributed by atoms with Crippen LogP contribution in [0.1, 0.15) is 5.56 Å². The molecule has 5 heteroatoms. The van der Waals surface area contributed by atoms with Crippen LogP contribution >= 0.6 is 0 Å². The van der Waals surface area contributed by atoms with Crippen LogP contribution in [0, 0.1) is 0 Å². The van der Waals surface area contributed by atoms with Gasteiger partial charge in [0.05, 0.1) is 19.8 Å². The summed E-state index contributed by atoms with van der Waals surface area (Å²) in [6.07, 6.45) is -0.688. The first-order valence-electron chi connectivity index (χ1n) is 6.96. The number of hydrogen-bond acceptors (Lipinski definition) is 5. The van der Waals surface area contributed by atoms with Crippen molar-refractivity contribution < 1.29 is 24.1 Å². The van der Waals surface area contributed by atoms with Crippen molar-refractivity contribution in [3.8, 4) is 0 Å². The van der Waals surface area contributed by atoms with Crippen LogP contribution in [0.5, 0.6) is 0 Å². The molecule has 1 aromatic rings. The largest absolute Gasteiger partial charge is 0.388 e. The predicted molar refractivity (Wildman–Crippen MR) is 77.7 cm³/mol. The maximum absolute atomic E-state index is 10.1. The normalized spacial score (nSPS) is 29.2. The highest BCUT2D eigenvalue weighted by Gasteiger charge is 2.41. The zero-order chi connectivity index (χ0) is 15.1. The first kappa shape index (κ1) is 16.1. The second-order valence-electron chi connectivity index (χ2n) is 4.85. The van der Waals surface area contributed by atoms with Crippen molar-refractivity contribution in [2.75, 3.05) is 20.3 Å². The molecule has 0 spiro atoms. The Morgan fingerprint density at radius 1 is 1.29 bits per heavy atom. The fourth-order valence-electron chi connectivity index (χ4n) is 2.28. The number of aliphatic hydroxyl groups excluding tert-OH is 1. The van der Waals surface area contributed by atoms with Crippen molar-refractivity contribution in [2.45, 2.75) is 31.2 Å². The molecular formula is C16H22O5. The summed E-state index contributed by atoms with van der Waals surface area (Å²) in [5, 5.41) is 10.1. The Kier molecular flexibility index (Phi) is 6.35. The van der Waals surface area contributed by atoms with Gasteiger partial charge in [0, 0.05) is 7.11 Å². The molecule has 0 radical (unpaired) electrons. The summed E-state index contributed by atoms with van der Waals surface area (Å²) >= 11 is 0. The summed E-state index contributed by atoms with van der Waals surface area (Å²) < 4.78 is 22.2. The minimum atomic E-state index is -0.753. The van der Waals surface area contributed by atoms with Gasteiger partial charge < -0.3 is 24.1 Å². The highest BCUT2D eigenvalue weighted by molar-refractivity contribution is 5.13. The van der Waals surface area contributed by atoms with Crippen LogP contribution in [-0.4, -0.2) is 50.0 Å². The van der Waals surface area contributed by atoms with Gasteiger partial charge in [0.2, 0.25) is 0 Å². The van der Waals surface area contributed by atoms with Crippen molar-refractivity contribution in [3.05, 3.63) is 48.6 Å².